The summed E-state index contributed by atoms with van der Waals surface area (Å²) in [7, 11) is 0. The highest BCUT2D eigenvalue weighted by molar-refractivity contribution is 6.37. The average Bonchev–Trinajstić information content (AvgIpc) is 2.77. The molecule has 0 radical (unpaired) electrons. The lowest BCUT2D eigenvalue weighted by Gasteiger charge is -2.26. The van der Waals surface area contributed by atoms with Crippen LogP contribution in [0.4, 0.5) is 5.69 Å². The van der Waals surface area contributed by atoms with Gasteiger partial charge in [0.2, 0.25) is 0 Å². The highest BCUT2D eigenvalue weighted by Crippen LogP contribution is 2.30. The molecule has 1 unspecified atom stereocenters. The van der Waals surface area contributed by atoms with Gasteiger partial charge in [0.1, 0.15) is 12.7 Å². The van der Waals surface area contributed by atoms with E-state index in [1.807, 2.05) is 24.3 Å². The van der Waals surface area contributed by atoms with Crippen LogP contribution in [0.5, 0.6) is 11.5 Å². The maximum atomic E-state index is 12.4. The highest BCUT2D eigenvalue weighted by Gasteiger charge is 2.21. The first-order valence-electron chi connectivity index (χ1n) is 9.53. The molecule has 1 heterocycles. The van der Waals surface area contributed by atoms with Gasteiger partial charge in [-0.3, -0.25) is 9.59 Å². The molecule has 31 heavy (non-hydrogen) atoms. The van der Waals surface area contributed by atoms with Crippen LogP contribution in [0.15, 0.2) is 66.7 Å². The van der Waals surface area contributed by atoms with Gasteiger partial charge in [0, 0.05) is 16.3 Å². The summed E-state index contributed by atoms with van der Waals surface area (Å²) in [5.41, 5.74) is 1.30. The molecule has 0 fully saturated rings. The molecule has 0 saturated carbocycles. The van der Waals surface area contributed by atoms with E-state index in [1.165, 1.54) is 6.07 Å². The molecule has 0 spiro atoms. The number of rotatable bonds is 5. The Morgan fingerprint density at radius 3 is 2.42 bits per heavy atom. The Balaban J connectivity index is 1.31. The van der Waals surface area contributed by atoms with Gasteiger partial charge in [-0.1, -0.05) is 35.3 Å². The van der Waals surface area contributed by atoms with E-state index in [-0.39, 0.29) is 22.9 Å². The molecule has 1 aliphatic heterocycles. The van der Waals surface area contributed by atoms with Gasteiger partial charge in [0.25, 0.3) is 11.8 Å². The van der Waals surface area contributed by atoms with Crippen LogP contribution in [0.25, 0.3) is 0 Å². The summed E-state index contributed by atoms with van der Waals surface area (Å²) in [6.45, 7) is 0.663. The Morgan fingerprint density at radius 1 is 0.935 bits per heavy atom. The van der Waals surface area contributed by atoms with Crippen molar-refractivity contribution in [2.75, 3.05) is 18.5 Å². The van der Waals surface area contributed by atoms with Crippen LogP contribution in [-0.2, 0) is 0 Å². The number of nitrogens with one attached hydrogen (secondary N) is 2. The van der Waals surface area contributed by atoms with Gasteiger partial charge in [0.05, 0.1) is 17.1 Å². The van der Waals surface area contributed by atoms with Crippen molar-refractivity contribution in [3.8, 4) is 11.5 Å². The van der Waals surface area contributed by atoms with Crippen LogP contribution in [0.2, 0.25) is 10.0 Å². The number of ether oxygens (including phenoxy) is 2. The molecule has 3 aromatic rings. The van der Waals surface area contributed by atoms with Crippen LogP contribution < -0.4 is 20.1 Å². The number of amides is 2. The second-order valence-electron chi connectivity index (χ2n) is 6.86. The summed E-state index contributed by atoms with van der Waals surface area (Å²) in [6.07, 6.45) is -0.276. The van der Waals surface area contributed by atoms with E-state index in [2.05, 4.69) is 10.6 Å². The Kier molecular flexibility index (Phi) is 6.30. The minimum Gasteiger partial charge on any atom is -0.486 e. The van der Waals surface area contributed by atoms with Gasteiger partial charge in [-0.2, -0.15) is 0 Å². The van der Waals surface area contributed by atoms with Crippen molar-refractivity contribution in [2.24, 2.45) is 0 Å². The molecule has 1 atom stereocenters. The number of anilines is 1. The topological polar surface area (TPSA) is 76.7 Å². The van der Waals surface area contributed by atoms with Gasteiger partial charge in [-0.15, -0.1) is 0 Å². The number of fused-ring (bicyclic) bond motifs is 1. The predicted octanol–water partition coefficient (Wildman–Crippen LogP) is 4.82. The zero-order valence-corrected chi connectivity index (χ0v) is 17.7. The van der Waals surface area contributed by atoms with Gasteiger partial charge in [-0.05, 0) is 54.6 Å². The summed E-state index contributed by atoms with van der Waals surface area (Å²) in [6, 6.07) is 18.6. The van der Waals surface area contributed by atoms with Crippen LogP contribution in [0.3, 0.4) is 0 Å². The zero-order valence-electron chi connectivity index (χ0n) is 16.2. The van der Waals surface area contributed by atoms with Crippen LogP contribution in [0, 0.1) is 0 Å². The average molecular weight is 457 g/mol. The normalized spacial score (nSPS) is 14.6. The van der Waals surface area contributed by atoms with Crippen molar-refractivity contribution in [1.82, 2.24) is 5.32 Å². The predicted molar refractivity (Wildman–Crippen MR) is 120 cm³/mol. The molecule has 4 rings (SSSR count). The van der Waals surface area contributed by atoms with E-state index in [9.17, 15) is 9.59 Å². The van der Waals surface area contributed by atoms with E-state index < -0.39 is 0 Å². The lowest BCUT2D eigenvalue weighted by Crippen LogP contribution is -2.40. The van der Waals surface area contributed by atoms with Gasteiger partial charge in [-0.25, -0.2) is 0 Å². The van der Waals surface area contributed by atoms with Crippen molar-refractivity contribution in [3.05, 3.63) is 87.9 Å². The first-order valence-corrected chi connectivity index (χ1v) is 10.3. The first kappa shape index (κ1) is 21.0. The molecule has 8 heteroatoms. The SMILES string of the molecule is O=C(NCC1COc2ccccc2O1)c1ccc(NC(=O)c2ccc(Cl)cc2Cl)cc1. The molecule has 0 saturated heterocycles. The van der Waals surface area contributed by atoms with Crippen molar-refractivity contribution in [1.29, 1.82) is 0 Å². The van der Waals surface area contributed by atoms with Crippen LogP contribution in [-0.4, -0.2) is 31.1 Å². The molecular weight excluding hydrogens is 439 g/mol. The monoisotopic (exact) mass is 456 g/mol. The van der Waals surface area contributed by atoms with E-state index in [1.54, 1.807) is 36.4 Å². The summed E-state index contributed by atoms with van der Waals surface area (Å²) >= 11 is 11.9. The summed E-state index contributed by atoms with van der Waals surface area (Å²) in [5.74, 6) is 0.742. The van der Waals surface area contributed by atoms with Crippen LogP contribution >= 0.6 is 23.2 Å². The molecule has 0 aliphatic carbocycles. The molecule has 2 N–H and O–H groups in total. The lowest BCUT2D eigenvalue weighted by atomic mass is 10.1. The maximum Gasteiger partial charge on any atom is 0.257 e. The molecule has 0 bridgehead atoms. The lowest BCUT2D eigenvalue weighted by molar-refractivity contribution is 0.0789. The maximum absolute atomic E-state index is 12.4. The van der Waals surface area contributed by atoms with E-state index >= 15 is 0 Å². The van der Waals surface area contributed by atoms with Crippen molar-refractivity contribution >= 4 is 40.7 Å². The quantitative estimate of drug-likeness (QED) is 0.577. The fourth-order valence-electron chi connectivity index (χ4n) is 3.05. The minimum absolute atomic E-state index is 0.249. The van der Waals surface area contributed by atoms with Gasteiger partial charge >= 0.3 is 0 Å². The molecule has 158 valence electrons. The number of hydrogen-bond acceptors (Lipinski definition) is 4. The third kappa shape index (κ3) is 5.10. The molecule has 6 nitrogen and oxygen atoms in total. The fourth-order valence-corrected chi connectivity index (χ4v) is 3.54. The Labute approximate surface area is 189 Å². The van der Waals surface area contributed by atoms with Gasteiger partial charge < -0.3 is 20.1 Å². The summed E-state index contributed by atoms with van der Waals surface area (Å²) in [5, 5.41) is 6.29. The third-order valence-corrected chi connectivity index (χ3v) is 5.19. The second-order valence-corrected chi connectivity index (χ2v) is 7.71. The number of para-hydroxylation sites is 2. The van der Waals surface area contributed by atoms with E-state index in [4.69, 9.17) is 32.7 Å². The molecular formula is C23H18Cl2N2O4. The zero-order chi connectivity index (χ0) is 21.8. The second kappa shape index (κ2) is 9.29. The summed E-state index contributed by atoms with van der Waals surface area (Å²) < 4.78 is 11.5. The van der Waals surface area contributed by atoms with Crippen molar-refractivity contribution in [2.45, 2.75) is 6.10 Å². The van der Waals surface area contributed by atoms with Crippen LogP contribution in [0.1, 0.15) is 20.7 Å². The van der Waals surface area contributed by atoms with E-state index in [0.717, 1.165) is 0 Å². The summed E-state index contributed by atoms with van der Waals surface area (Å²) in [4.78, 5) is 24.8. The van der Waals surface area contributed by atoms with Gasteiger partial charge in [0.15, 0.2) is 11.5 Å². The first-order chi connectivity index (χ1) is 15.0. The molecule has 0 aromatic heterocycles. The number of benzene rings is 3. The Bertz CT molecular complexity index is 1120. The smallest absolute Gasteiger partial charge is 0.257 e. The molecule has 3 aromatic carbocycles. The van der Waals surface area contributed by atoms with Crippen molar-refractivity contribution in [3.63, 3.8) is 0 Å². The number of carbonyl (C=O) groups is 2. The number of hydrogen-bond donors (Lipinski definition) is 2. The third-order valence-electron chi connectivity index (χ3n) is 4.64. The number of halogens is 2. The Hall–Kier alpha value is -3.22. The van der Waals surface area contributed by atoms with E-state index in [0.29, 0.717) is 46.5 Å². The standard InChI is InChI=1S/C23H18Cl2N2O4/c24-15-7-10-18(19(25)11-15)23(29)27-16-8-5-14(6-9-16)22(28)26-12-17-13-30-20-3-1-2-4-21(20)31-17/h1-11,17H,12-13H2,(H,26,28)(H,27,29). The highest BCUT2D eigenvalue weighted by atomic mass is 35.5. The fraction of sp³-hybridized carbons (Fsp3) is 0.130. The minimum atomic E-state index is -0.367. The van der Waals surface area contributed by atoms with Crippen molar-refractivity contribution < 1.29 is 19.1 Å². The molecule has 2 amide bonds. The largest absolute Gasteiger partial charge is 0.486 e. The number of carbonyl (C=O) groups excluding carboxylic acids is 2. The molecule has 1 aliphatic rings. The Morgan fingerprint density at radius 2 is 1.68 bits per heavy atom.